The van der Waals surface area contributed by atoms with Gasteiger partial charge in [0.05, 0.1) is 0 Å². The van der Waals surface area contributed by atoms with Gasteiger partial charge in [-0.2, -0.15) is 0 Å². The number of amides is 3. The average Bonchev–Trinajstić information content (AvgIpc) is 2.38. The minimum atomic E-state index is -0.725. The predicted molar refractivity (Wildman–Crippen MR) is 64.5 cm³/mol. The number of carbonyl (C=O) groups is 2. The maximum Gasteiger partial charge on any atom is 0.322 e. The number of hydrogen-bond acceptors (Lipinski definition) is 3. The van der Waals surface area contributed by atoms with Gasteiger partial charge in [-0.05, 0) is 39.8 Å². The smallest absolute Gasteiger partial charge is 0.322 e. The number of hydrogen-bond donors (Lipinski definition) is 2. The molecule has 0 saturated carbocycles. The van der Waals surface area contributed by atoms with Gasteiger partial charge < -0.3 is 5.32 Å². The molecule has 2 rings (SSSR count). The van der Waals surface area contributed by atoms with Crippen molar-refractivity contribution in [3.63, 3.8) is 0 Å². The highest BCUT2D eigenvalue weighted by molar-refractivity contribution is 6.06. The molecule has 5 heteroatoms. The molecule has 1 fully saturated rings. The summed E-state index contributed by atoms with van der Waals surface area (Å²) in [6.45, 7) is 7.28. The van der Waals surface area contributed by atoms with Gasteiger partial charge in [0.1, 0.15) is 5.54 Å². The topological polar surface area (TPSA) is 71.1 Å². The molecule has 1 aromatic rings. The van der Waals surface area contributed by atoms with Crippen molar-refractivity contribution in [1.82, 2.24) is 15.6 Å². The van der Waals surface area contributed by atoms with E-state index < -0.39 is 11.6 Å². The maximum absolute atomic E-state index is 10.7. The molecule has 2 heterocycles. The molecule has 0 atom stereocenters. The molecule has 92 valence electrons. The molecule has 0 spiro atoms. The van der Waals surface area contributed by atoms with E-state index in [1.165, 1.54) is 0 Å². The summed E-state index contributed by atoms with van der Waals surface area (Å²) in [5.74, 6) is -0.271. The lowest BCUT2D eigenvalue weighted by Gasteiger charge is -2.11. The summed E-state index contributed by atoms with van der Waals surface area (Å²) < 4.78 is 0. The van der Waals surface area contributed by atoms with Crippen LogP contribution in [0.15, 0.2) is 18.2 Å². The van der Waals surface area contributed by atoms with Crippen molar-refractivity contribution in [3.8, 4) is 0 Å². The molecule has 2 N–H and O–H groups in total. The van der Waals surface area contributed by atoms with Crippen molar-refractivity contribution < 1.29 is 9.59 Å². The molecular formula is C12H17N3O2. The van der Waals surface area contributed by atoms with Crippen molar-refractivity contribution >= 4 is 11.9 Å². The van der Waals surface area contributed by atoms with E-state index in [0.717, 1.165) is 11.4 Å². The van der Waals surface area contributed by atoms with Crippen LogP contribution in [0, 0.1) is 13.8 Å². The van der Waals surface area contributed by atoms with Gasteiger partial charge in [0.15, 0.2) is 0 Å². The lowest BCUT2D eigenvalue weighted by atomic mass is 10.1. The van der Waals surface area contributed by atoms with Crippen LogP contribution in [-0.2, 0) is 4.79 Å². The molecule has 17 heavy (non-hydrogen) atoms. The lowest BCUT2D eigenvalue weighted by molar-refractivity contribution is -0.122. The van der Waals surface area contributed by atoms with E-state index in [2.05, 4.69) is 15.6 Å². The van der Waals surface area contributed by atoms with Gasteiger partial charge in [0, 0.05) is 11.4 Å². The minimum absolute atomic E-state index is 0.271. The molecule has 1 aromatic heterocycles. The Morgan fingerprint density at radius 2 is 1.65 bits per heavy atom. The number of aryl methyl sites for hydroxylation is 2. The Morgan fingerprint density at radius 3 is 1.82 bits per heavy atom. The number of imide groups is 1. The van der Waals surface area contributed by atoms with E-state index in [1.807, 2.05) is 32.0 Å². The molecular weight excluding hydrogens is 218 g/mol. The van der Waals surface area contributed by atoms with Crippen LogP contribution in [0.1, 0.15) is 25.2 Å². The summed E-state index contributed by atoms with van der Waals surface area (Å²) in [5.41, 5.74) is 1.45. The van der Waals surface area contributed by atoms with Crippen molar-refractivity contribution in [2.24, 2.45) is 0 Å². The summed E-state index contributed by atoms with van der Waals surface area (Å²) in [4.78, 5) is 25.3. The van der Waals surface area contributed by atoms with Crippen LogP contribution in [0.4, 0.5) is 4.79 Å². The van der Waals surface area contributed by atoms with Crippen LogP contribution in [0.3, 0.4) is 0 Å². The first-order valence-corrected chi connectivity index (χ1v) is 5.35. The first kappa shape index (κ1) is 13.2. The van der Waals surface area contributed by atoms with E-state index in [1.54, 1.807) is 13.8 Å². The van der Waals surface area contributed by atoms with Crippen molar-refractivity contribution in [2.75, 3.05) is 0 Å². The summed E-state index contributed by atoms with van der Waals surface area (Å²) in [7, 11) is 0. The van der Waals surface area contributed by atoms with Crippen LogP contribution in [0.5, 0.6) is 0 Å². The molecule has 5 nitrogen and oxygen atoms in total. The number of rotatable bonds is 0. The largest absolute Gasteiger partial charge is 0.324 e. The molecule has 0 unspecified atom stereocenters. The second kappa shape index (κ2) is 4.95. The van der Waals surface area contributed by atoms with Gasteiger partial charge in [0.25, 0.3) is 5.91 Å². The number of nitrogens with zero attached hydrogens (tertiary/aromatic N) is 1. The van der Waals surface area contributed by atoms with Gasteiger partial charge in [-0.25, -0.2) is 4.79 Å². The molecule has 1 saturated heterocycles. The first-order valence-electron chi connectivity index (χ1n) is 5.35. The van der Waals surface area contributed by atoms with Crippen molar-refractivity contribution in [3.05, 3.63) is 29.6 Å². The van der Waals surface area contributed by atoms with Gasteiger partial charge in [-0.1, -0.05) is 6.07 Å². The third-order valence-corrected chi connectivity index (χ3v) is 2.25. The highest BCUT2D eigenvalue weighted by Crippen LogP contribution is 2.06. The van der Waals surface area contributed by atoms with Gasteiger partial charge in [-0.3, -0.25) is 15.1 Å². The van der Waals surface area contributed by atoms with Crippen LogP contribution in [0.25, 0.3) is 0 Å². The molecule has 0 aliphatic carbocycles. The Bertz CT molecular complexity index is 424. The number of urea groups is 1. The summed E-state index contributed by atoms with van der Waals surface area (Å²) >= 11 is 0. The molecule has 1 aliphatic rings. The quantitative estimate of drug-likeness (QED) is 0.666. The van der Waals surface area contributed by atoms with Crippen LogP contribution in [-0.4, -0.2) is 22.5 Å². The van der Waals surface area contributed by atoms with E-state index in [4.69, 9.17) is 0 Å². The number of aromatic nitrogens is 1. The van der Waals surface area contributed by atoms with Crippen molar-refractivity contribution in [1.29, 1.82) is 0 Å². The zero-order chi connectivity index (χ0) is 13.1. The molecule has 0 bridgehead atoms. The normalized spacial score (nSPS) is 16.7. The Balaban J connectivity index is 0.000000171. The third-order valence-electron chi connectivity index (χ3n) is 2.25. The van der Waals surface area contributed by atoms with Gasteiger partial charge >= 0.3 is 6.03 Å². The fraction of sp³-hybridized carbons (Fsp3) is 0.417. The highest BCUT2D eigenvalue weighted by atomic mass is 16.2. The Labute approximate surface area is 101 Å². The number of carbonyl (C=O) groups excluding carboxylic acids is 2. The fourth-order valence-electron chi connectivity index (χ4n) is 1.31. The SMILES string of the molecule is CC1(C)NC(=O)NC1=O.Cc1cccc(C)n1. The van der Waals surface area contributed by atoms with E-state index in [-0.39, 0.29) is 5.91 Å². The minimum Gasteiger partial charge on any atom is -0.324 e. The summed E-state index contributed by atoms with van der Waals surface area (Å²) in [5, 5.41) is 4.56. The predicted octanol–water partition coefficient (Wildman–Crippen LogP) is 1.30. The molecule has 0 radical (unpaired) electrons. The van der Waals surface area contributed by atoms with Crippen LogP contribution >= 0.6 is 0 Å². The maximum atomic E-state index is 10.7. The van der Waals surface area contributed by atoms with Gasteiger partial charge in [-0.15, -0.1) is 0 Å². The second-order valence-electron chi connectivity index (χ2n) is 4.45. The summed E-state index contributed by atoms with van der Waals surface area (Å²) in [6, 6.07) is 5.59. The monoisotopic (exact) mass is 235 g/mol. The van der Waals surface area contributed by atoms with Crippen LogP contribution < -0.4 is 10.6 Å². The van der Waals surface area contributed by atoms with Gasteiger partial charge in [0.2, 0.25) is 0 Å². The van der Waals surface area contributed by atoms with E-state index >= 15 is 0 Å². The first-order chi connectivity index (χ1) is 7.81. The standard InChI is InChI=1S/C7H9N.C5H8N2O2/c1-6-4-3-5-7(2)8-6;1-5(2)3(8)6-4(9)7-5/h3-5H,1-2H3;1-2H3,(H2,6,7,8,9). The van der Waals surface area contributed by atoms with Crippen molar-refractivity contribution in [2.45, 2.75) is 33.2 Å². The molecule has 0 aromatic carbocycles. The number of nitrogens with one attached hydrogen (secondary N) is 2. The average molecular weight is 235 g/mol. The third kappa shape index (κ3) is 3.86. The van der Waals surface area contributed by atoms with E-state index in [9.17, 15) is 9.59 Å². The molecule has 3 amide bonds. The Kier molecular flexibility index (Phi) is 3.83. The zero-order valence-electron chi connectivity index (χ0n) is 10.5. The fourth-order valence-corrected chi connectivity index (χ4v) is 1.31. The Morgan fingerprint density at radius 1 is 1.12 bits per heavy atom. The highest BCUT2D eigenvalue weighted by Gasteiger charge is 2.36. The Hall–Kier alpha value is -1.91. The van der Waals surface area contributed by atoms with Crippen LogP contribution in [0.2, 0.25) is 0 Å². The second-order valence-corrected chi connectivity index (χ2v) is 4.45. The van der Waals surface area contributed by atoms with E-state index in [0.29, 0.717) is 0 Å². The molecule has 1 aliphatic heterocycles. The zero-order valence-corrected chi connectivity index (χ0v) is 10.5. The summed E-state index contributed by atoms with van der Waals surface area (Å²) in [6.07, 6.45) is 0. The lowest BCUT2D eigenvalue weighted by Crippen LogP contribution is -2.39. The number of pyridine rings is 1.